The number of carbonyl (C=O) groups is 1. The van der Waals surface area contributed by atoms with E-state index in [4.69, 9.17) is 5.73 Å². The number of hydrogen-bond acceptors (Lipinski definition) is 4. The Balaban J connectivity index is 1.95. The summed E-state index contributed by atoms with van der Waals surface area (Å²) in [5.74, 6) is 1.74. The zero-order valence-corrected chi connectivity index (χ0v) is 13.3. The molecule has 0 aliphatic rings. The summed E-state index contributed by atoms with van der Waals surface area (Å²) < 4.78 is 1.90. The van der Waals surface area contributed by atoms with Crippen molar-refractivity contribution in [1.29, 1.82) is 0 Å². The van der Waals surface area contributed by atoms with Gasteiger partial charge in [-0.15, -0.1) is 0 Å². The van der Waals surface area contributed by atoms with Crippen LogP contribution in [-0.2, 0) is 11.3 Å². The van der Waals surface area contributed by atoms with Crippen molar-refractivity contribution in [3.8, 4) is 5.82 Å². The predicted octanol–water partition coefficient (Wildman–Crippen LogP) is 1.57. The number of carbonyl (C=O) groups excluding carboxylic acids is 1. The predicted molar refractivity (Wildman–Crippen MR) is 85.4 cm³/mol. The molecule has 0 radical (unpaired) electrons. The minimum atomic E-state index is -0.467. The maximum Gasteiger partial charge on any atom is 0.237 e. The summed E-state index contributed by atoms with van der Waals surface area (Å²) in [7, 11) is 0. The van der Waals surface area contributed by atoms with Crippen LogP contribution in [0.4, 0.5) is 0 Å². The fraction of sp³-hybridized carbons (Fsp3) is 0.438. The molecule has 1 amide bonds. The first-order valence-corrected chi connectivity index (χ1v) is 7.51. The Kier molecular flexibility index (Phi) is 5.27. The number of aromatic nitrogens is 3. The molecule has 118 valence electrons. The summed E-state index contributed by atoms with van der Waals surface area (Å²) in [6, 6.07) is 3.38. The minimum Gasteiger partial charge on any atom is -0.351 e. The third-order valence-corrected chi connectivity index (χ3v) is 3.91. The number of nitrogens with two attached hydrogens (primary N) is 1. The summed E-state index contributed by atoms with van der Waals surface area (Å²) >= 11 is 0. The van der Waals surface area contributed by atoms with Crippen LogP contribution < -0.4 is 11.1 Å². The SMILES string of the molecule is CCC(C)C(N)C(=O)NCc1ccc(-n2ccnc2C)nc1. The van der Waals surface area contributed by atoms with Gasteiger partial charge in [0, 0.05) is 25.1 Å². The highest BCUT2D eigenvalue weighted by atomic mass is 16.2. The Bertz CT molecular complexity index is 620. The Morgan fingerprint density at radius 1 is 1.41 bits per heavy atom. The van der Waals surface area contributed by atoms with Gasteiger partial charge in [-0.1, -0.05) is 26.3 Å². The zero-order valence-electron chi connectivity index (χ0n) is 13.3. The van der Waals surface area contributed by atoms with E-state index in [0.29, 0.717) is 6.54 Å². The van der Waals surface area contributed by atoms with E-state index in [1.54, 1.807) is 12.4 Å². The van der Waals surface area contributed by atoms with Crippen molar-refractivity contribution >= 4 is 5.91 Å². The summed E-state index contributed by atoms with van der Waals surface area (Å²) in [5.41, 5.74) is 6.84. The van der Waals surface area contributed by atoms with Gasteiger partial charge in [-0.3, -0.25) is 9.36 Å². The molecule has 0 aliphatic heterocycles. The number of nitrogens with zero attached hydrogens (tertiary/aromatic N) is 3. The van der Waals surface area contributed by atoms with E-state index >= 15 is 0 Å². The first kappa shape index (κ1) is 16.2. The fourth-order valence-electron chi connectivity index (χ4n) is 2.10. The van der Waals surface area contributed by atoms with Gasteiger partial charge in [-0.2, -0.15) is 0 Å². The molecule has 0 fully saturated rings. The Morgan fingerprint density at radius 2 is 2.18 bits per heavy atom. The number of hydrogen-bond donors (Lipinski definition) is 2. The molecule has 2 heterocycles. The van der Waals surface area contributed by atoms with Crippen molar-refractivity contribution in [3.63, 3.8) is 0 Å². The Morgan fingerprint density at radius 3 is 2.73 bits per heavy atom. The van der Waals surface area contributed by atoms with E-state index in [1.165, 1.54) is 0 Å². The first-order valence-electron chi connectivity index (χ1n) is 7.51. The van der Waals surface area contributed by atoms with E-state index < -0.39 is 6.04 Å². The molecule has 0 aromatic carbocycles. The number of pyridine rings is 1. The van der Waals surface area contributed by atoms with Crippen molar-refractivity contribution in [2.75, 3.05) is 0 Å². The van der Waals surface area contributed by atoms with Crippen LogP contribution in [0, 0.1) is 12.8 Å². The van der Waals surface area contributed by atoms with Crippen molar-refractivity contribution in [1.82, 2.24) is 19.9 Å². The topological polar surface area (TPSA) is 85.8 Å². The van der Waals surface area contributed by atoms with Crippen molar-refractivity contribution in [2.45, 2.75) is 39.8 Å². The highest BCUT2D eigenvalue weighted by Crippen LogP contribution is 2.09. The minimum absolute atomic E-state index is 0.121. The first-order chi connectivity index (χ1) is 10.5. The second-order valence-electron chi connectivity index (χ2n) is 5.50. The van der Waals surface area contributed by atoms with Gasteiger partial charge in [0.05, 0.1) is 6.04 Å². The molecule has 2 rings (SSSR count). The normalized spacial score (nSPS) is 13.6. The van der Waals surface area contributed by atoms with Crippen LogP contribution in [0.15, 0.2) is 30.7 Å². The van der Waals surface area contributed by atoms with Gasteiger partial charge in [0.2, 0.25) is 5.91 Å². The summed E-state index contributed by atoms with van der Waals surface area (Å²) in [6.07, 6.45) is 6.24. The average molecular weight is 301 g/mol. The lowest BCUT2D eigenvalue weighted by Gasteiger charge is -2.17. The van der Waals surface area contributed by atoms with Gasteiger partial charge in [-0.25, -0.2) is 9.97 Å². The van der Waals surface area contributed by atoms with Crippen LogP contribution in [0.2, 0.25) is 0 Å². The standard InChI is InChI=1S/C16H23N5O/c1-4-11(2)15(17)16(22)20-10-13-5-6-14(19-9-13)21-8-7-18-12(21)3/h5-9,11,15H,4,10,17H2,1-3H3,(H,20,22). The van der Waals surface area contributed by atoms with Gasteiger partial charge >= 0.3 is 0 Å². The molecule has 2 aromatic heterocycles. The van der Waals surface area contributed by atoms with E-state index in [-0.39, 0.29) is 11.8 Å². The number of imidazole rings is 1. The second kappa shape index (κ2) is 7.17. The second-order valence-corrected chi connectivity index (χ2v) is 5.50. The lowest BCUT2D eigenvalue weighted by molar-refractivity contribution is -0.123. The largest absolute Gasteiger partial charge is 0.351 e. The highest BCUT2D eigenvalue weighted by Gasteiger charge is 2.18. The van der Waals surface area contributed by atoms with Crippen molar-refractivity contribution in [2.24, 2.45) is 11.7 Å². The third kappa shape index (κ3) is 3.71. The molecular weight excluding hydrogens is 278 g/mol. The molecule has 2 aromatic rings. The van der Waals surface area contributed by atoms with Crippen LogP contribution in [0.1, 0.15) is 31.7 Å². The number of nitrogens with one attached hydrogen (secondary N) is 1. The van der Waals surface area contributed by atoms with Crippen LogP contribution in [0.25, 0.3) is 5.82 Å². The molecule has 6 heteroatoms. The molecule has 0 spiro atoms. The summed E-state index contributed by atoms with van der Waals surface area (Å²) in [6.45, 7) is 6.36. The van der Waals surface area contributed by atoms with Gasteiger partial charge in [0.15, 0.2) is 0 Å². The van der Waals surface area contributed by atoms with Gasteiger partial charge in [-0.05, 0) is 24.5 Å². The van der Waals surface area contributed by atoms with Crippen molar-refractivity contribution < 1.29 is 4.79 Å². The van der Waals surface area contributed by atoms with Crippen LogP contribution in [0.3, 0.4) is 0 Å². The average Bonchev–Trinajstić information content (AvgIpc) is 2.97. The number of amides is 1. The van der Waals surface area contributed by atoms with Crippen LogP contribution in [-0.4, -0.2) is 26.5 Å². The maximum atomic E-state index is 11.9. The molecule has 22 heavy (non-hydrogen) atoms. The molecule has 6 nitrogen and oxygen atoms in total. The van der Waals surface area contributed by atoms with Gasteiger partial charge in [0.25, 0.3) is 0 Å². The molecule has 0 bridgehead atoms. The lowest BCUT2D eigenvalue weighted by atomic mass is 9.99. The van der Waals surface area contributed by atoms with E-state index in [0.717, 1.165) is 23.6 Å². The Hall–Kier alpha value is -2.21. The van der Waals surface area contributed by atoms with Crippen LogP contribution in [0.5, 0.6) is 0 Å². The zero-order chi connectivity index (χ0) is 16.1. The maximum absolute atomic E-state index is 11.9. The third-order valence-electron chi connectivity index (χ3n) is 3.91. The van der Waals surface area contributed by atoms with Crippen molar-refractivity contribution in [3.05, 3.63) is 42.1 Å². The molecule has 0 saturated carbocycles. The molecular formula is C16H23N5O. The number of aryl methyl sites for hydroxylation is 1. The van der Waals surface area contributed by atoms with Gasteiger partial charge in [0.1, 0.15) is 11.6 Å². The van der Waals surface area contributed by atoms with E-state index in [1.807, 2.05) is 43.7 Å². The van der Waals surface area contributed by atoms with Crippen LogP contribution >= 0.6 is 0 Å². The van der Waals surface area contributed by atoms with E-state index in [9.17, 15) is 4.79 Å². The molecule has 2 atom stereocenters. The number of rotatable bonds is 6. The lowest BCUT2D eigenvalue weighted by Crippen LogP contribution is -2.44. The summed E-state index contributed by atoms with van der Waals surface area (Å²) in [5, 5.41) is 2.86. The summed E-state index contributed by atoms with van der Waals surface area (Å²) in [4.78, 5) is 20.5. The quantitative estimate of drug-likeness (QED) is 0.848. The molecule has 0 saturated heterocycles. The molecule has 2 unspecified atom stereocenters. The molecule has 0 aliphatic carbocycles. The smallest absolute Gasteiger partial charge is 0.237 e. The van der Waals surface area contributed by atoms with E-state index in [2.05, 4.69) is 15.3 Å². The highest BCUT2D eigenvalue weighted by molar-refractivity contribution is 5.81. The molecule has 3 N–H and O–H groups in total. The monoisotopic (exact) mass is 301 g/mol. The van der Waals surface area contributed by atoms with Gasteiger partial charge < -0.3 is 11.1 Å². The fourth-order valence-corrected chi connectivity index (χ4v) is 2.10. The Labute approximate surface area is 130 Å².